The van der Waals surface area contributed by atoms with Crippen molar-refractivity contribution in [1.29, 1.82) is 0 Å². The van der Waals surface area contributed by atoms with E-state index in [-0.39, 0.29) is 43.9 Å². The number of halogens is 3. The van der Waals surface area contributed by atoms with Crippen LogP contribution in [0.4, 0.5) is 10.2 Å². The lowest BCUT2D eigenvalue weighted by molar-refractivity contribution is 0.0717. The van der Waals surface area contributed by atoms with Gasteiger partial charge in [-0.15, -0.1) is 0 Å². The zero-order chi connectivity index (χ0) is 23.3. The summed E-state index contributed by atoms with van der Waals surface area (Å²) < 4.78 is 39.7. The highest BCUT2D eigenvalue weighted by atomic mass is 35.5. The molecule has 176 valence electrons. The summed E-state index contributed by atoms with van der Waals surface area (Å²) in [5.74, 6) is -0.185. The standard InChI is InChI=1S/C23H24Cl2FN3O3S/c24-20-9-14(26)5-8-19(20)23(30)28-12-15-6-7-16(13-28)29(15)22-11-18(10-21(25)27-22)33(31,32)17-3-1-2-4-17/h5,8-11,15-17H,1-4,6-7,12-13H2. The first-order valence-corrected chi connectivity index (χ1v) is 13.5. The Morgan fingerprint density at radius 2 is 1.67 bits per heavy atom. The van der Waals surface area contributed by atoms with Crippen LogP contribution in [0.1, 0.15) is 48.9 Å². The molecular formula is C23H24Cl2FN3O3S. The van der Waals surface area contributed by atoms with Crippen LogP contribution in [0.5, 0.6) is 0 Å². The maximum absolute atomic E-state index is 13.4. The number of hydrogen-bond donors (Lipinski definition) is 0. The molecule has 1 aromatic carbocycles. The molecule has 1 amide bonds. The largest absolute Gasteiger partial charge is 0.347 e. The van der Waals surface area contributed by atoms with Gasteiger partial charge in [0, 0.05) is 25.2 Å². The van der Waals surface area contributed by atoms with E-state index in [9.17, 15) is 17.6 Å². The van der Waals surface area contributed by atoms with Crippen molar-refractivity contribution in [2.24, 2.45) is 0 Å². The molecule has 0 radical (unpaired) electrons. The molecular weight excluding hydrogens is 488 g/mol. The summed E-state index contributed by atoms with van der Waals surface area (Å²) in [6, 6.07) is 6.83. The molecule has 3 fully saturated rings. The van der Waals surface area contributed by atoms with Gasteiger partial charge < -0.3 is 9.80 Å². The smallest absolute Gasteiger partial charge is 0.255 e. The van der Waals surface area contributed by atoms with Gasteiger partial charge in [-0.3, -0.25) is 4.79 Å². The Morgan fingerprint density at radius 3 is 2.30 bits per heavy atom. The van der Waals surface area contributed by atoms with Gasteiger partial charge in [0.15, 0.2) is 9.84 Å². The molecule has 1 aromatic heterocycles. The lowest BCUT2D eigenvalue weighted by Crippen LogP contribution is -2.55. The number of aromatic nitrogens is 1. The lowest BCUT2D eigenvalue weighted by Gasteiger charge is -2.42. The predicted octanol–water partition coefficient (Wildman–Crippen LogP) is 4.74. The van der Waals surface area contributed by atoms with E-state index in [1.807, 2.05) is 0 Å². The fourth-order valence-corrected chi connectivity index (χ4v) is 7.83. The molecule has 2 bridgehead atoms. The van der Waals surface area contributed by atoms with E-state index in [1.165, 1.54) is 18.2 Å². The van der Waals surface area contributed by atoms with Gasteiger partial charge in [0.05, 0.1) is 20.7 Å². The van der Waals surface area contributed by atoms with Gasteiger partial charge in [-0.05, 0) is 56.0 Å². The van der Waals surface area contributed by atoms with Crippen LogP contribution in [-0.4, -0.2) is 54.6 Å². The first-order chi connectivity index (χ1) is 15.7. The quantitative estimate of drug-likeness (QED) is 0.554. The second-order valence-corrected chi connectivity index (χ2v) is 12.1. The molecule has 33 heavy (non-hydrogen) atoms. The van der Waals surface area contributed by atoms with E-state index in [0.29, 0.717) is 31.7 Å². The molecule has 0 spiro atoms. The molecule has 10 heteroatoms. The Morgan fingerprint density at radius 1 is 1.00 bits per heavy atom. The van der Waals surface area contributed by atoms with Crippen LogP contribution in [-0.2, 0) is 9.84 Å². The van der Waals surface area contributed by atoms with Crippen molar-refractivity contribution in [1.82, 2.24) is 9.88 Å². The third kappa shape index (κ3) is 4.21. The minimum absolute atomic E-state index is 0.0140. The molecule has 3 heterocycles. The number of rotatable bonds is 4. The Balaban J connectivity index is 1.40. The van der Waals surface area contributed by atoms with Crippen molar-refractivity contribution in [2.45, 2.75) is 60.8 Å². The van der Waals surface area contributed by atoms with Crippen molar-refractivity contribution < 1.29 is 17.6 Å². The summed E-state index contributed by atoms with van der Waals surface area (Å²) in [4.78, 5) is 21.6. The van der Waals surface area contributed by atoms with Crippen molar-refractivity contribution in [3.63, 3.8) is 0 Å². The van der Waals surface area contributed by atoms with Crippen LogP contribution in [0.2, 0.25) is 10.2 Å². The molecule has 2 atom stereocenters. The number of carbonyl (C=O) groups excluding carboxylic acids is 1. The van der Waals surface area contributed by atoms with Crippen molar-refractivity contribution in [3.05, 3.63) is 51.9 Å². The van der Waals surface area contributed by atoms with Crippen molar-refractivity contribution in [2.75, 3.05) is 18.0 Å². The summed E-state index contributed by atoms with van der Waals surface area (Å²) in [7, 11) is -3.47. The zero-order valence-corrected chi connectivity index (χ0v) is 20.2. The van der Waals surface area contributed by atoms with Crippen molar-refractivity contribution in [3.8, 4) is 0 Å². The first-order valence-electron chi connectivity index (χ1n) is 11.2. The highest BCUT2D eigenvalue weighted by molar-refractivity contribution is 7.92. The summed E-state index contributed by atoms with van der Waals surface area (Å²) in [6.45, 7) is 0.893. The maximum Gasteiger partial charge on any atom is 0.255 e. The Labute approximate surface area is 202 Å². The number of piperazine rings is 1. The number of nitrogens with zero attached hydrogens (tertiary/aromatic N) is 3. The average Bonchev–Trinajstić information content (AvgIpc) is 3.40. The zero-order valence-electron chi connectivity index (χ0n) is 17.9. The number of sulfone groups is 1. The molecule has 0 N–H and O–H groups in total. The van der Waals surface area contributed by atoms with Gasteiger partial charge in [-0.25, -0.2) is 17.8 Å². The van der Waals surface area contributed by atoms with Gasteiger partial charge in [0.1, 0.15) is 16.8 Å². The predicted molar refractivity (Wildman–Crippen MR) is 125 cm³/mol. The molecule has 2 aromatic rings. The Hall–Kier alpha value is -1.90. The molecule has 2 aliphatic heterocycles. The van der Waals surface area contributed by atoms with Crippen LogP contribution in [0.15, 0.2) is 35.2 Å². The van der Waals surface area contributed by atoms with Gasteiger partial charge in [-0.2, -0.15) is 0 Å². The van der Waals surface area contributed by atoms with E-state index >= 15 is 0 Å². The molecule has 6 nitrogen and oxygen atoms in total. The van der Waals surface area contributed by atoms with Gasteiger partial charge in [0.25, 0.3) is 5.91 Å². The average molecular weight is 512 g/mol. The van der Waals surface area contributed by atoms with Crippen LogP contribution in [0.3, 0.4) is 0 Å². The number of carbonyl (C=O) groups is 1. The summed E-state index contributed by atoms with van der Waals surface area (Å²) in [5.41, 5.74) is 0.275. The highest BCUT2D eigenvalue weighted by Gasteiger charge is 2.43. The number of hydrogen-bond acceptors (Lipinski definition) is 5. The van der Waals surface area contributed by atoms with Crippen LogP contribution in [0.25, 0.3) is 0 Å². The highest BCUT2D eigenvalue weighted by Crippen LogP contribution is 2.38. The van der Waals surface area contributed by atoms with E-state index in [0.717, 1.165) is 31.7 Å². The molecule has 2 unspecified atom stereocenters. The molecule has 2 saturated heterocycles. The Bertz CT molecular complexity index is 1190. The Kier molecular flexibility index (Phi) is 6.04. The normalized spacial score (nSPS) is 23.4. The van der Waals surface area contributed by atoms with Crippen LogP contribution >= 0.6 is 23.2 Å². The molecule has 3 aliphatic rings. The third-order valence-corrected chi connectivity index (χ3v) is 9.77. The fraction of sp³-hybridized carbons (Fsp3) is 0.478. The summed E-state index contributed by atoms with van der Waals surface area (Å²) in [6.07, 6.45) is 4.90. The van der Waals surface area contributed by atoms with Gasteiger partial charge in [-0.1, -0.05) is 36.0 Å². The minimum atomic E-state index is -3.47. The van der Waals surface area contributed by atoms with E-state index in [2.05, 4.69) is 9.88 Å². The molecule has 1 saturated carbocycles. The first kappa shape index (κ1) is 22.9. The topological polar surface area (TPSA) is 70.6 Å². The second kappa shape index (κ2) is 8.71. The summed E-state index contributed by atoms with van der Waals surface area (Å²) >= 11 is 12.4. The number of amides is 1. The van der Waals surface area contributed by atoms with Crippen LogP contribution in [0, 0.1) is 5.82 Å². The third-order valence-electron chi connectivity index (χ3n) is 7.02. The number of benzene rings is 1. The molecule has 1 aliphatic carbocycles. The minimum Gasteiger partial charge on any atom is -0.347 e. The SMILES string of the molecule is O=C(c1ccc(F)cc1Cl)N1CC2CCC(C1)N2c1cc(S(=O)(=O)C2CCCC2)cc(Cl)n1. The number of pyridine rings is 1. The maximum atomic E-state index is 13.4. The number of likely N-dealkylation sites (tertiary alicyclic amines) is 1. The van der Waals surface area contributed by atoms with E-state index in [1.54, 1.807) is 11.0 Å². The fourth-order valence-electron chi connectivity index (χ4n) is 5.42. The molecule has 5 rings (SSSR count). The number of fused-ring (bicyclic) bond motifs is 2. The van der Waals surface area contributed by atoms with Crippen molar-refractivity contribution >= 4 is 44.8 Å². The van der Waals surface area contributed by atoms with E-state index in [4.69, 9.17) is 23.2 Å². The second-order valence-electron chi connectivity index (χ2n) is 9.06. The lowest BCUT2D eigenvalue weighted by atomic mass is 10.1. The van der Waals surface area contributed by atoms with Crippen LogP contribution < -0.4 is 4.90 Å². The monoisotopic (exact) mass is 511 g/mol. The van der Waals surface area contributed by atoms with E-state index < -0.39 is 15.7 Å². The summed E-state index contributed by atoms with van der Waals surface area (Å²) in [5, 5.41) is -0.122. The van der Waals surface area contributed by atoms with Gasteiger partial charge in [0.2, 0.25) is 0 Å². The number of anilines is 1. The van der Waals surface area contributed by atoms with Gasteiger partial charge >= 0.3 is 0 Å².